The smallest absolute Gasteiger partial charge is 0.217 e. The number of hydrogen-bond donors (Lipinski definition) is 3. The number of benzene rings is 1. The molecule has 0 bridgehead atoms. The van der Waals surface area contributed by atoms with Crippen molar-refractivity contribution in [1.29, 1.82) is 0 Å². The largest absolute Gasteiger partial charge is 0.507 e. The summed E-state index contributed by atoms with van der Waals surface area (Å²) in [5.74, 6) is -0.207. The Balaban J connectivity index is 3.56. The topological polar surface area (TPSA) is 83.6 Å². The Hall–Kier alpha value is -1.71. The van der Waals surface area contributed by atoms with Crippen molar-refractivity contribution >= 4 is 5.91 Å². The second-order valence-corrected chi connectivity index (χ2v) is 7.62. The van der Waals surface area contributed by atoms with Crippen molar-refractivity contribution in [1.82, 2.24) is 0 Å². The highest BCUT2D eigenvalue weighted by atomic mass is 16.3. The van der Waals surface area contributed by atoms with Crippen LogP contribution in [0.1, 0.15) is 64.7 Å². The zero-order chi connectivity index (χ0) is 16.6. The molecule has 1 aromatic carbocycles. The maximum Gasteiger partial charge on any atom is 0.217 e. The van der Waals surface area contributed by atoms with Crippen LogP contribution in [-0.2, 0) is 22.0 Å². The van der Waals surface area contributed by atoms with Crippen molar-refractivity contribution in [3.63, 3.8) is 0 Å². The molecule has 0 aliphatic heterocycles. The van der Waals surface area contributed by atoms with Crippen molar-refractivity contribution < 1.29 is 15.0 Å². The van der Waals surface area contributed by atoms with Crippen molar-refractivity contribution in [3.8, 4) is 11.5 Å². The average molecular weight is 293 g/mol. The highest BCUT2D eigenvalue weighted by Crippen LogP contribution is 2.45. The van der Waals surface area contributed by atoms with E-state index in [1.54, 1.807) is 6.07 Å². The molecule has 0 spiro atoms. The van der Waals surface area contributed by atoms with E-state index in [-0.39, 0.29) is 23.3 Å². The van der Waals surface area contributed by atoms with E-state index in [1.165, 1.54) is 0 Å². The lowest BCUT2D eigenvalue weighted by molar-refractivity contribution is -0.117. The molecular formula is C17H27NO3. The number of phenols is 2. The van der Waals surface area contributed by atoms with E-state index in [0.717, 1.165) is 5.56 Å². The van der Waals surface area contributed by atoms with Gasteiger partial charge in [0.15, 0.2) is 0 Å². The Bertz CT molecular complexity index is 549. The molecule has 21 heavy (non-hydrogen) atoms. The predicted molar refractivity (Wildman–Crippen MR) is 84.7 cm³/mol. The van der Waals surface area contributed by atoms with Crippen LogP contribution >= 0.6 is 0 Å². The van der Waals surface area contributed by atoms with Gasteiger partial charge < -0.3 is 15.9 Å². The van der Waals surface area contributed by atoms with Gasteiger partial charge in [0.1, 0.15) is 11.5 Å². The number of hydrogen-bond acceptors (Lipinski definition) is 3. The first-order valence-corrected chi connectivity index (χ1v) is 7.22. The first-order valence-electron chi connectivity index (χ1n) is 7.22. The van der Waals surface area contributed by atoms with E-state index in [2.05, 4.69) is 0 Å². The van der Waals surface area contributed by atoms with Crippen LogP contribution in [0, 0.1) is 0 Å². The van der Waals surface area contributed by atoms with Gasteiger partial charge in [0, 0.05) is 17.5 Å². The molecule has 1 amide bonds. The van der Waals surface area contributed by atoms with E-state index in [0.29, 0.717) is 17.5 Å². The summed E-state index contributed by atoms with van der Waals surface area (Å²) in [6.07, 6.45) is 0.541. The molecule has 0 fully saturated rings. The summed E-state index contributed by atoms with van der Waals surface area (Å²) in [6, 6.07) is 1.78. The van der Waals surface area contributed by atoms with Crippen molar-refractivity contribution in [3.05, 3.63) is 22.8 Å². The van der Waals surface area contributed by atoms with E-state index in [9.17, 15) is 15.0 Å². The van der Waals surface area contributed by atoms with Gasteiger partial charge in [0.25, 0.3) is 0 Å². The molecule has 0 saturated carbocycles. The summed E-state index contributed by atoms with van der Waals surface area (Å²) in [5.41, 5.74) is 6.47. The number of carbonyl (C=O) groups is 1. The average Bonchev–Trinajstić information content (AvgIpc) is 2.23. The maximum absolute atomic E-state index is 11.0. The van der Waals surface area contributed by atoms with Gasteiger partial charge in [-0.3, -0.25) is 4.79 Å². The first-order chi connectivity index (χ1) is 9.35. The number of aromatic hydroxyl groups is 2. The molecule has 4 heteroatoms. The van der Waals surface area contributed by atoms with Gasteiger partial charge >= 0.3 is 0 Å². The van der Waals surface area contributed by atoms with Gasteiger partial charge in [0.05, 0.1) is 0 Å². The third kappa shape index (κ3) is 3.90. The SMILES string of the molecule is CC(C)(C)c1cc(CCC(N)=O)c(O)c(C(C)(C)C)c1O. The molecule has 0 heterocycles. The lowest BCUT2D eigenvalue weighted by Crippen LogP contribution is -2.19. The molecule has 0 aromatic heterocycles. The molecule has 118 valence electrons. The minimum absolute atomic E-state index is 0.0641. The number of aryl methyl sites for hydroxylation is 1. The fraction of sp³-hybridized carbons (Fsp3) is 0.588. The third-order valence-corrected chi connectivity index (χ3v) is 3.55. The molecule has 0 aliphatic carbocycles. The van der Waals surface area contributed by atoms with Gasteiger partial charge in [0.2, 0.25) is 5.91 Å². The van der Waals surface area contributed by atoms with E-state index >= 15 is 0 Å². The van der Waals surface area contributed by atoms with Gasteiger partial charge in [-0.2, -0.15) is 0 Å². The fourth-order valence-corrected chi connectivity index (χ4v) is 2.45. The number of nitrogens with two attached hydrogens (primary N) is 1. The van der Waals surface area contributed by atoms with E-state index in [4.69, 9.17) is 5.73 Å². The number of carbonyl (C=O) groups excluding carboxylic acids is 1. The third-order valence-electron chi connectivity index (χ3n) is 3.55. The van der Waals surface area contributed by atoms with Gasteiger partial charge in [-0.25, -0.2) is 0 Å². The Morgan fingerprint density at radius 1 is 1.05 bits per heavy atom. The van der Waals surface area contributed by atoms with Crippen LogP contribution in [0.25, 0.3) is 0 Å². The summed E-state index contributed by atoms with van der Waals surface area (Å²) in [5, 5.41) is 21.1. The van der Waals surface area contributed by atoms with Crippen LogP contribution < -0.4 is 5.73 Å². The lowest BCUT2D eigenvalue weighted by Gasteiger charge is -2.29. The van der Waals surface area contributed by atoms with Crippen LogP contribution in [0.2, 0.25) is 0 Å². The van der Waals surface area contributed by atoms with Crippen molar-refractivity contribution in [2.75, 3.05) is 0 Å². The molecule has 0 saturated heterocycles. The highest BCUT2D eigenvalue weighted by Gasteiger charge is 2.30. The fourth-order valence-electron chi connectivity index (χ4n) is 2.45. The molecule has 4 nitrogen and oxygen atoms in total. The minimum Gasteiger partial charge on any atom is -0.507 e. The summed E-state index contributed by atoms with van der Waals surface area (Å²) in [7, 11) is 0. The van der Waals surface area contributed by atoms with E-state index < -0.39 is 11.3 Å². The number of phenolic OH excluding ortho intramolecular Hbond substituents is 2. The minimum atomic E-state index is -0.406. The maximum atomic E-state index is 11.0. The summed E-state index contributed by atoms with van der Waals surface area (Å²) in [4.78, 5) is 11.0. The number of rotatable bonds is 3. The zero-order valence-electron chi connectivity index (χ0n) is 13.9. The predicted octanol–water partition coefficient (Wildman–Crippen LogP) is 3.11. The van der Waals surface area contributed by atoms with Crippen molar-refractivity contribution in [2.24, 2.45) is 5.73 Å². The second kappa shape index (κ2) is 5.58. The second-order valence-electron chi connectivity index (χ2n) is 7.62. The Morgan fingerprint density at radius 2 is 1.57 bits per heavy atom. The summed E-state index contributed by atoms with van der Waals surface area (Å²) in [6.45, 7) is 11.8. The molecule has 1 aromatic rings. The van der Waals surface area contributed by atoms with Crippen LogP contribution in [0.5, 0.6) is 11.5 Å². The van der Waals surface area contributed by atoms with Crippen LogP contribution in [0.15, 0.2) is 6.07 Å². The van der Waals surface area contributed by atoms with E-state index in [1.807, 2.05) is 41.5 Å². The Kier molecular flexibility index (Phi) is 4.61. The molecule has 0 atom stereocenters. The molecule has 0 radical (unpaired) electrons. The standard InChI is InChI=1S/C17H27NO3/c1-16(2,3)11-9-10(7-8-12(18)19)14(20)13(15(11)21)17(4,5)6/h9,20-21H,7-8H2,1-6H3,(H2,18,19). The van der Waals surface area contributed by atoms with Crippen LogP contribution in [-0.4, -0.2) is 16.1 Å². The molecule has 4 N–H and O–H groups in total. The quantitative estimate of drug-likeness (QED) is 0.800. The molecule has 0 unspecified atom stereocenters. The number of amides is 1. The summed E-state index contributed by atoms with van der Waals surface area (Å²) >= 11 is 0. The zero-order valence-corrected chi connectivity index (χ0v) is 13.9. The molecule has 0 aliphatic rings. The van der Waals surface area contributed by atoms with Gasteiger partial charge in [-0.1, -0.05) is 41.5 Å². The normalized spacial score (nSPS) is 12.5. The van der Waals surface area contributed by atoms with Crippen LogP contribution in [0.4, 0.5) is 0 Å². The summed E-state index contributed by atoms with van der Waals surface area (Å²) < 4.78 is 0. The highest BCUT2D eigenvalue weighted by molar-refractivity contribution is 5.74. The van der Waals surface area contributed by atoms with Crippen LogP contribution in [0.3, 0.4) is 0 Å². The first kappa shape index (κ1) is 17.3. The lowest BCUT2D eigenvalue weighted by atomic mass is 9.77. The van der Waals surface area contributed by atoms with Gasteiger partial charge in [-0.15, -0.1) is 0 Å². The number of primary amides is 1. The Labute approximate surface area is 127 Å². The Morgan fingerprint density at radius 3 is 1.95 bits per heavy atom. The monoisotopic (exact) mass is 293 g/mol. The molecule has 1 rings (SSSR count). The molecular weight excluding hydrogens is 266 g/mol. The van der Waals surface area contributed by atoms with Gasteiger partial charge in [-0.05, 0) is 28.9 Å². The van der Waals surface area contributed by atoms with Crippen molar-refractivity contribution in [2.45, 2.75) is 65.2 Å².